The number of nitrogens with zero attached hydrogens (tertiary/aromatic N) is 1. The fourth-order valence-corrected chi connectivity index (χ4v) is 2.75. The molecule has 1 aliphatic heterocycles. The van der Waals surface area contributed by atoms with Gasteiger partial charge in [-0.3, -0.25) is 9.69 Å². The molecule has 3 N–H and O–H groups in total. The summed E-state index contributed by atoms with van der Waals surface area (Å²) in [4.78, 5) is 14.3. The first-order valence-corrected chi connectivity index (χ1v) is 7.42. The van der Waals surface area contributed by atoms with Crippen molar-refractivity contribution in [1.29, 1.82) is 0 Å². The molecule has 1 saturated heterocycles. The van der Waals surface area contributed by atoms with Gasteiger partial charge < -0.3 is 15.8 Å². The Morgan fingerprint density at radius 2 is 2.27 bits per heavy atom. The van der Waals surface area contributed by atoms with E-state index in [2.05, 4.69) is 10.2 Å². The molecule has 0 bridgehead atoms. The van der Waals surface area contributed by atoms with Gasteiger partial charge in [0, 0.05) is 12.6 Å². The van der Waals surface area contributed by atoms with E-state index >= 15 is 0 Å². The van der Waals surface area contributed by atoms with Crippen LogP contribution in [0.5, 0.6) is 5.75 Å². The highest BCUT2D eigenvalue weighted by Crippen LogP contribution is 2.25. The van der Waals surface area contributed by atoms with Crippen molar-refractivity contribution in [2.45, 2.75) is 26.3 Å². The molecule has 1 aliphatic rings. The zero-order valence-corrected chi connectivity index (χ0v) is 14.3. The highest BCUT2D eigenvalue weighted by molar-refractivity contribution is 5.93. The van der Waals surface area contributed by atoms with Crippen LogP contribution in [0.25, 0.3) is 0 Å². The average Bonchev–Trinajstić information content (AvgIpc) is 2.87. The summed E-state index contributed by atoms with van der Waals surface area (Å²) in [6, 6.07) is 5.94. The smallest absolute Gasteiger partial charge is 0.238 e. The van der Waals surface area contributed by atoms with E-state index in [1.807, 2.05) is 32.0 Å². The second-order valence-corrected chi connectivity index (χ2v) is 5.89. The van der Waals surface area contributed by atoms with E-state index in [0.29, 0.717) is 18.2 Å². The van der Waals surface area contributed by atoms with Crippen molar-refractivity contribution in [3.8, 4) is 5.75 Å². The zero-order valence-electron chi connectivity index (χ0n) is 13.5. The monoisotopic (exact) mass is 327 g/mol. The Balaban J connectivity index is 0.00000242. The van der Waals surface area contributed by atoms with Gasteiger partial charge in [-0.15, -0.1) is 12.4 Å². The number of halogens is 1. The lowest BCUT2D eigenvalue weighted by Gasteiger charge is -2.18. The summed E-state index contributed by atoms with van der Waals surface area (Å²) in [7, 11) is 1.61. The molecule has 1 fully saturated rings. The van der Waals surface area contributed by atoms with Gasteiger partial charge in [-0.25, -0.2) is 0 Å². The number of ether oxygens (including phenoxy) is 1. The Labute approximate surface area is 138 Å². The third kappa shape index (κ3) is 4.87. The summed E-state index contributed by atoms with van der Waals surface area (Å²) in [6.07, 6.45) is 1.07. The first kappa shape index (κ1) is 18.7. The van der Waals surface area contributed by atoms with E-state index in [4.69, 9.17) is 10.5 Å². The Kier molecular flexibility index (Phi) is 7.13. The number of carbonyl (C=O) groups is 1. The molecule has 22 heavy (non-hydrogen) atoms. The summed E-state index contributed by atoms with van der Waals surface area (Å²) in [5.41, 5.74) is 7.74. The first-order valence-electron chi connectivity index (χ1n) is 7.42. The summed E-state index contributed by atoms with van der Waals surface area (Å²) in [5.74, 6) is 1.17. The predicted molar refractivity (Wildman–Crippen MR) is 91.8 cm³/mol. The minimum absolute atomic E-state index is 0. The van der Waals surface area contributed by atoms with Crippen LogP contribution in [-0.4, -0.2) is 43.6 Å². The first-order chi connectivity index (χ1) is 9.99. The lowest BCUT2D eigenvalue weighted by molar-refractivity contribution is -0.117. The van der Waals surface area contributed by atoms with Crippen molar-refractivity contribution in [2.24, 2.45) is 11.7 Å². The lowest BCUT2D eigenvalue weighted by Crippen LogP contribution is -2.34. The van der Waals surface area contributed by atoms with Crippen molar-refractivity contribution in [2.75, 3.05) is 32.1 Å². The maximum absolute atomic E-state index is 12.2. The summed E-state index contributed by atoms with van der Waals surface area (Å²) < 4.78 is 5.27. The van der Waals surface area contributed by atoms with Crippen molar-refractivity contribution in [3.63, 3.8) is 0 Å². The quantitative estimate of drug-likeness (QED) is 0.868. The topological polar surface area (TPSA) is 67.6 Å². The van der Waals surface area contributed by atoms with Crippen molar-refractivity contribution < 1.29 is 9.53 Å². The predicted octanol–water partition coefficient (Wildman–Crippen LogP) is 2.03. The molecule has 2 atom stereocenters. The maximum Gasteiger partial charge on any atom is 0.238 e. The van der Waals surface area contributed by atoms with Crippen molar-refractivity contribution in [1.82, 2.24) is 4.90 Å². The van der Waals surface area contributed by atoms with E-state index < -0.39 is 0 Å². The standard InChI is InChI=1S/C16H25N3O2.ClH/c1-11-4-5-15(21-3)14(8-11)18-16(20)10-19-7-6-13(9-19)12(2)17;/h4-5,8,12-13H,6-7,9-10,17H2,1-3H3,(H,18,20);1H. The molecule has 0 saturated carbocycles. The molecular formula is C16H26ClN3O2. The number of carbonyl (C=O) groups excluding carboxylic acids is 1. The molecule has 1 amide bonds. The molecule has 1 aromatic carbocycles. The van der Waals surface area contributed by atoms with Gasteiger partial charge in [0.2, 0.25) is 5.91 Å². The maximum atomic E-state index is 12.2. The van der Waals surface area contributed by atoms with E-state index in [0.717, 1.165) is 30.8 Å². The molecule has 0 aliphatic carbocycles. The molecule has 2 unspecified atom stereocenters. The van der Waals surface area contributed by atoms with Crippen molar-refractivity contribution in [3.05, 3.63) is 23.8 Å². The molecule has 0 radical (unpaired) electrons. The molecule has 1 heterocycles. The van der Waals surface area contributed by atoms with Gasteiger partial charge in [-0.05, 0) is 50.4 Å². The van der Waals surface area contributed by atoms with E-state index in [1.165, 1.54) is 0 Å². The second-order valence-electron chi connectivity index (χ2n) is 5.89. The third-order valence-corrected chi connectivity index (χ3v) is 4.05. The minimum Gasteiger partial charge on any atom is -0.495 e. The highest BCUT2D eigenvalue weighted by atomic mass is 35.5. The van der Waals surface area contributed by atoms with Gasteiger partial charge in [0.1, 0.15) is 5.75 Å². The number of rotatable bonds is 5. The number of aryl methyl sites for hydroxylation is 1. The molecule has 5 nitrogen and oxygen atoms in total. The Morgan fingerprint density at radius 3 is 2.86 bits per heavy atom. The number of methoxy groups -OCH3 is 1. The number of anilines is 1. The second kappa shape index (κ2) is 8.36. The number of amides is 1. The average molecular weight is 328 g/mol. The number of hydrogen-bond acceptors (Lipinski definition) is 4. The SMILES string of the molecule is COc1ccc(C)cc1NC(=O)CN1CCC(C(C)N)C1.Cl. The van der Waals surface area contributed by atoms with Crippen molar-refractivity contribution >= 4 is 24.0 Å². The van der Waals surface area contributed by atoms with Crippen LogP contribution in [-0.2, 0) is 4.79 Å². The molecular weight excluding hydrogens is 302 g/mol. The van der Waals surface area contributed by atoms with Crippen LogP contribution in [0.2, 0.25) is 0 Å². The van der Waals surface area contributed by atoms with Crippen LogP contribution < -0.4 is 15.8 Å². The molecule has 1 aromatic rings. The van der Waals surface area contributed by atoms with Crippen LogP contribution in [0.1, 0.15) is 18.9 Å². The number of hydrogen-bond donors (Lipinski definition) is 2. The molecule has 124 valence electrons. The van der Waals surface area contributed by atoms with E-state index in [9.17, 15) is 4.79 Å². The van der Waals surface area contributed by atoms with Crippen LogP contribution in [0.4, 0.5) is 5.69 Å². The number of nitrogens with two attached hydrogens (primary N) is 1. The molecule has 0 spiro atoms. The third-order valence-electron chi connectivity index (χ3n) is 4.05. The normalized spacial score (nSPS) is 19.4. The van der Waals surface area contributed by atoms with Gasteiger partial charge in [0.25, 0.3) is 0 Å². The fraction of sp³-hybridized carbons (Fsp3) is 0.562. The largest absolute Gasteiger partial charge is 0.495 e. The lowest BCUT2D eigenvalue weighted by atomic mass is 10.0. The molecule has 2 rings (SSSR count). The molecule has 0 aromatic heterocycles. The summed E-state index contributed by atoms with van der Waals surface area (Å²) in [5, 5.41) is 2.94. The van der Waals surface area contributed by atoms with Crippen LogP contribution in [0.15, 0.2) is 18.2 Å². The number of likely N-dealkylation sites (tertiary alicyclic amines) is 1. The molecule has 6 heteroatoms. The number of nitrogens with one attached hydrogen (secondary N) is 1. The zero-order chi connectivity index (χ0) is 15.4. The minimum atomic E-state index is -0.00998. The number of benzene rings is 1. The van der Waals surface area contributed by atoms with Gasteiger partial charge >= 0.3 is 0 Å². The van der Waals surface area contributed by atoms with E-state index in [1.54, 1.807) is 7.11 Å². The Morgan fingerprint density at radius 1 is 1.55 bits per heavy atom. The summed E-state index contributed by atoms with van der Waals surface area (Å²) in [6.45, 7) is 6.26. The summed E-state index contributed by atoms with van der Waals surface area (Å²) >= 11 is 0. The fourth-order valence-electron chi connectivity index (χ4n) is 2.75. The Hall–Kier alpha value is -1.30. The highest BCUT2D eigenvalue weighted by Gasteiger charge is 2.26. The Bertz CT molecular complexity index is 508. The van der Waals surface area contributed by atoms with Gasteiger partial charge in [-0.2, -0.15) is 0 Å². The van der Waals surface area contributed by atoms with E-state index in [-0.39, 0.29) is 24.4 Å². The van der Waals surface area contributed by atoms with Crippen LogP contribution in [0, 0.1) is 12.8 Å². The van der Waals surface area contributed by atoms with Gasteiger partial charge in [-0.1, -0.05) is 6.07 Å². The van der Waals surface area contributed by atoms with Gasteiger partial charge in [0.15, 0.2) is 0 Å². The van der Waals surface area contributed by atoms with Gasteiger partial charge in [0.05, 0.1) is 19.3 Å². The van der Waals surface area contributed by atoms with Crippen LogP contribution >= 0.6 is 12.4 Å². The van der Waals surface area contributed by atoms with Crippen LogP contribution in [0.3, 0.4) is 0 Å².